The summed E-state index contributed by atoms with van der Waals surface area (Å²) >= 11 is 0. The highest BCUT2D eigenvalue weighted by Gasteiger charge is 1.84. The van der Waals surface area contributed by atoms with Gasteiger partial charge in [-0.15, -0.1) is 0 Å². The van der Waals surface area contributed by atoms with Crippen molar-refractivity contribution in [1.82, 2.24) is 9.97 Å². The van der Waals surface area contributed by atoms with E-state index in [1.807, 2.05) is 0 Å². The van der Waals surface area contributed by atoms with Crippen LogP contribution in [0.2, 0.25) is 0 Å². The molecule has 0 aliphatic rings. The van der Waals surface area contributed by atoms with Crippen LogP contribution in [0.4, 0.5) is 0 Å². The molecular formula is C5H10N2O6S. The van der Waals surface area contributed by atoms with Gasteiger partial charge in [-0.3, -0.25) is 13.9 Å². The maximum absolute atomic E-state index is 9.00. The van der Waals surface area contributed by atoms with Gasteiger partial charge in [0.25, 0.3) is 5.97 Å². The van der Waals surface area contributed by atoms with Crippen LogP contribution in [0.25, 0.3) is 0 Å². The summed E-state index contributed by atoms with van der Waals surface area (Å²) in [5, 5.41) is 7.42. The van der Waals surface area contributed by atoms with Crippen LogP contribution < -0.4 is 0 Å². The molecule has 0 aliphatic heterocycles. The molecule has 0 aliphatic carbocycles. The van der Waals surface area contributed by atoms with Gasteiger partial charge in [0.05, 0.1) is 6.33 Å². The zero-order valence-electron chi connectivity index (χ0n) is 7.15. The van der Waals surface area contributed by atoms with Gasteiger partial charge in [-0.2, -0.15) is 8.42 Å². The number of carboxylic acids is 1. The number of hydrogen-bond donors (Lipinski definition) is 4. The number of aromatic nitrogens is 2. The maximum atomic E-state index is 9.00. The largest absolute Gasteiger partial charge is 0.481 e. The zero-order chi connectivity index (χ0) is 11.6. The molecule has 0 aromatic carbocycles. The van der Waals surface area contributed by atoms with Gasteiger partial charge in [-0.25, -0.2) is 4.98 Å². The van der Waals surface area contributed by atoms with E-state index in [0.29, 0.717) is 0 Å². The van der Waals surface area contributed by atoms with Crippen LogP contribution in [0, 0.1) is 0 Å². The molecule has 82 valence electrons. The maximum Gasteiger partial charge on any atom is 0.394 e. The highest BCUT2D eigenvalue weighted by Crippen LogP contribution is 1.62. The molecule has 0 unspecified atom stereocenters. The minimum atomic E-state index is -4.67. The molecule has 1 aromatic rings. The topological polar surface area (TPSA) is 141 Å². The molecule has 1 rings (SSSR count). The molecule has 4 N–H and O–H groups in total. The lowest BCUT2D eigenvalue weighted by Crippen LogP contribution is -1.89. The zero-order valence-corrected chi connectivity index (χ0v) is 7.97. The minimum absolute atomic E-state index is 0.833. The van der Waals surface area contributed by atoms with Gasteiger partial charge in [0.1, 0.15) is 0 Å². The summed E-state index contributed by atoms with van der Waals surface area (Å²) in [7, 11) is -4.67. The number of imidazole rings is 1. The Kier molecular flexibility index (Phi) is 8.77. The van der Waals surface area contributed by atoms with Crippen molar-refractivity contribution >= 4 is 16.4 Å². The first-order chi connectivity index (χ1) is 6.23. The molecule has 0 fully saturated rings. The van der Waals surface area contributed by atoms with Crippen LogP contribution in [0.15, 0.2) is 18.7 Å². The molecule has 1 heterocycles. The van der Waals surface area contributed by atoms with Gasteiger partial charge in [0.2, 0.25) is 0 Å². The van der Waals surface area contributed by atoms with Crippen LogP contribution in [-0.2, 0) is 15.2 Å². The van der Waals surface area contributed by atoms with E-state index in [1.54, 1.807) is 18.7 Å². The van der Waals surface area contributed by atoms with Gasteiger partial charge >= 0.3 is 10.4 Å². The number of rotatable bonds is 0. The summed E-state index contributed by atoms with van der Waals surface area (Å²) in [4.78, 5) is 15.4. The third-order valence-corrected chi connectivity index (χ3v) is 0.406. The van der Waals surface area contributed by atoms with Gasteiger partial charge in [-0.05, 0) is 0 Å². The van der Waals surface area contributed by atoms with E-state index >= 15 is 0 Å². The Bertz CT molecular complexity index is 289. The van der Waals surface area contributed by atoms with Crippen molar-refractivity contribution < 1.29 is 27.4 Å². The Labute approximate surface area is 80.2 Å². The molecule has 0 amide bonds. The summed E-state index contributed by atoms with van der Waals surface area (Å²) < 4.78 is 31.6. The molecule has 0 bridgehead atoms. The van der Waals surface area contributed by atoms with Crippen molar-refractivity contribution in [1.29, 1.82) is 0 Å². The van der Waals surface area contributed by atoms with Gasteiger partial charge in [-0.1, -0.05) is 0 Å². The number of nitrogens with one attached hydrogen (secondary N) is 1. The standard InChI is InChI=1S/C3H4N2.C2H4O2.H2O4S/c1-2-5-3-4-1;1-2(3)4;1-5(2,3)4/h1-3H,(H,4,5);1H3,(H,3,4);(H2,1,2,3,4). The van der Waals surface area contributed by atoms with Gasteiger partial charge in [0, 0.05) is 19.3 Å². The molecule has 9 heteroatoms. The number of aliphatic carboxylic acids is 1. The Hall–Kier alpha value is -1.45. The second-order valence-electron chi connectivity index (χ2n) is 1.73. The molecule has 0 spiro atoms. The summed E-state index contributed by atoms with van der Waals surface area (Å²) in [6.45, 7) is 1.08. The quantitative estimate of drug-likeness (QED) is 0.450. The Morgan fingerprint density at radius 2 is 1.79 bits per heavy atom. The van der Waals surface area contributed by atoms with Gasteiger partial charge < -0.3 is 10.1 Å². The third kappa shape index (κ3) is 76.3. The summed E-state index contributed by atoms with van der Waals surface area (Å²) in [6, 6.07) is 0. The number of hydrogen-bond acceptors (Lipinski definition) is 4. The third-order valence-electron chi connectivity index (χ3n) is 0.406. The predicted octanol–water partition coefficient (Wildman–Crippen LogP) is -0.152. The lowest BCUT2D eigenvalue weighted by atomic mass is 10.9. The fraction of sp³-hybridized carbons (Fsp3) is 0.200. The van der Waals surface area contributed by atoms with Crippen molar-refractivity contribution in [3.63, 3.8) is 0 Å². The van der Waals surface area contributed by atoms with Crippen LogP contribution in [0.5, 0.6) is 0 Å². The van der Waals surface area contributed by atoms with Crippen molar-refractivity contribution in [2.45, 2.75) is 6.92 Å². The fourth-order valence-corrected chi connectivity index (χ4v) is 0.215. The average molecular weight is 226 g/mol. The van der Waals surface area contributed by atoms with E-state index in [4.69, 9.17) is 27.4 Å². The first kappa shape index (κ1) is 15.0. The number of carboxylic acid groups (broad SMARTS) is 1. The summed E-state index contributed by atoms with van der Waals surface area (Å²) in [5.41, 5.74) is 0. The van der Waals surface area contributed by atoms with E-state index in [0.717, 1.165) is 6.92 Å². The SMILES string of the molecule is CC(=O)O.O=S(=O)(O)O.c1c[nH]cn1. The van der Waals surface area contributed by atoms with Crippen LogP contribution in [0.1, 0.15) is 6.92 Å². The Morgan fingerprint density at radius 3 is 1.86 bits per heavy atom. The Balaban J connectivity index is 0. The Morgan fingerprint density at radius 1 is 1.43 bits per heavy atom. The lowest BCUT2D eigenvalue weighted by Gasteiger charge is -1.68. The van der Waals surface area contributed by atoms with Crippen LogP contribution >= 0.6 is 0 Å². The number of nitrogens with zero attached hydrogens (tertiary/aromatic N) is 1. The van der Waals surface area contributed by atoms with Crippen LogP contribution in [-0.4, -0.2) is 38.6 Å². The van der Waals surface area contributed by atoms with E-state index in [2.05, 4.69) is 9.97 Å². The van der Waals surface area contributed by atoms with Crippen molar-refractivity contribution in [2.24, 2.45) is 0 Å². The molecular weight excluding hydrogens is 216 g/mol. The van der Waals surface area contributed by atoms with E-state index in [1.165, 1.54) is 0 Å². The van der Waals surface area contributed by atoms with Crippen LogP contribution in [0.3, 0.4) is 0 Å². The first-order valence-corrected chi connectivity index (χ1v) is 4.45. The highest BCUT2D eigenvalue weighted by atomic mass is 32.3. The summed E-state index contributed by atoms with van der Waals surface area (Å²) in [5.74, 6) is -0.833. The molecule has 8 nitrogen and oxygen atoms in total. The molecule has 0 saturated heterocycles. The number of carbonyl (C=O) groups is 1. The van der Waals surface area contributed by atoms with E-state index < -0.39 is 16.4 Å². The molecule has 0 atom stereocenters. The van der Waals surface area contributed by atoms with Gasteiger partial charge in [0.15, 0.2) is 0 Å². The smallest absolute Gasteiger partial charge is 0.394 e. The predicted molar refractivity (Wildman–Crippen MR) is 46.1 cm³/mol. The minimum Gasteiger partial charge on any atom is -0.481 e. The first-order valence-electron chi connectivity index (χ1n) is 3.05. The lowest BCUT2D eigenvalue weighted by molar-refractivity contribution is -0.134. The summed E-state index contributed by atoms with van der Waals surface area (Å²) in [6.07, 6.45) is 5.08. The second-order valence-corrected chi connectivity index (χ2v) is 2.62. The normalized spacial score (nSPS) is 8.79. The second kappa shape index (κ2) is 8.16. The van der Waals surface area contributed by atoms with E-state index in [9.17, 15) is 0 Å². The van der Waals surface area contributed by atoms with Crippen molar-refractivity contribution in [3.8, 4) is 0 Å². The monoisotopic (exact) mass is 226 g/mol. The molecule has 1 aromatic heterocycles. The van der Waals surface area contributed by atoms with Crippen molar-refractivity contribution in [2.75, 3.05) is 0 Å². The van der Waals surface area contributed by atoms with Crippen molar-refractivity contribution in [3.05, 3.63) is 18.7 Å². The molecule has 0 saturated carbocycles. The van der Waals surface area contributed by atoms with E-state index in [-0.39, 0.29) is 0 Å². The fourth-order valence-electron chi connectivity index (χ4n) is 0.215. The highest BCUT2D eigenvalue weighted by molar-refractivity contribution is 7.79. The average Bonchev–Trinajstić information content (AvgIpc) is 2.32. The number of aromatic amines is 1. The molecule has 14 heavy (non-hydrogen) atoms. The molecule has 0 radical (unpaired) electrons. The number of H-pyrrole nitrogens is 1.